The fourth-order valence-corrected chi connectivity index (χ4v) is 1.74. The fraction of sp³-hybridized carbons (Fsp3) is 0.250. The summed E-state index contributed by atoms with van der Waals surface area (Å²) in [6.07, 6.45) is 4.01. The molecule has 0 atom stereocenters. The molecular weight excluding hydrogens is 202 g/mol. The van der Waals surface area contributed by atoms with Gasteiger partial charge in [-0.1, -0.05) is 6.07 Å². The highest BCUT2D eigenvalue weighted by Gasteiger charge is 2.25. The highest BCUT2D eigenvalue weighted by Crippen LogP contribution is 2.39. The van der Waals surface area contributed by atoms with E-state index in [9.17, 15) is 4.79 Å². The maximum absolute atomic E-state index is 11.4. The van der Waals surface area contributed by atoms with Gasteiger partial charge in [-0.25, -0.2) is 4.79 Å². The van der Waals surface area contributed by atoms with E-state index in [1.54, 1.807) is 6.20 Å². The molecule has 80 valence electrons. The van der Waals surface area contributed by atoms with E-state index in [4.69, 9.17) is 0 Å². The summed E-state index contributed by atoms with van der Waals surface area (Å²) in [4.78, 5) is 22.3. The topological polar surface area (TPSA) is 58.6 Å². The van der Waals surface area contributed by atoms with Crippen molar-refractivity contribution < 1.29 is 0 Å². The molecule has 4 nitrogen and oxygen atoms in total. The SMILES string of the molecule is O=c1nc(-c2ccccn2)cc(C2CC2)[nH]1. The van der Waals surface area contributed by atoms with Crippen LogP contribution in [0.2, 0.25) is 0 Å². The van der Waals surface area contributed by atoms with Crippen LogP contribution in [0.3, 0.4) is 0 Å². The predicted octanol–water partition coefficient (Wildman–Crippen LogP) is 1.71. The molecule has 0 aromatic carbocycles. The number of hydrogen-bond donors (Lipinski definition) is 1. The first-order valence-electron chi connectivity index (χ1n) is 5.35. The van der Waals surface area contributed by atoms with Crippen molar-refractivity contribution in [2.24, 2.45) is 0 Å². The van der Waals surface area contributed by atoms with Crippen LogP contribution in [-0.2, 0) is 0 Å². The van der Waals surface area contributed by atoms with Crippen LogP contribution in [0.4, 0.5) is 0 Å². The zero-order valence-electron chi connectivity index (χ0n) is 8.68. The van der Waals surface area contributed by atoms with E-state index in [2.05, 4.69) is 15.0 Å². The van der Waals surface area contributed by atoms with Crippen LogP contribution in [0.15, 0.2) is 35.3 Å². The van der Waals surface area contributed by atoms with Crippen LogP contribution in [-0.4, -0.2) is 15.0 Å². The Morgan fingerprint density at radius 1 is 1.25 bits per heavy atom. The summed E-state index contributed by atoms with van der Waals surface area (Å²) in [6.45, 7) is 0. The molecule has 2 heterocycles. The predicted molar refractivity (Wildman–Crippen MR) is 60.1 cm³/mol. The average Bonchev–Trinajstić information content (AvgIpc) is 3.13. The Kier molecular flexibility index (Phi) is 2.06. The van der Waals surface area contributed by atoms with Gasteiger partial charge in [0.2, 0.25) is 0 Å². The highest BCUT2D eigenvalue weighted by molar-refractivity contribution is 5.53. The molecule has 1 N–H and O–H groups in total. The van der Waals surface area contributed by atoms with Gasteiger partial charge in [-0.15, -0.1) is 0 Å². The number of aromatic nitrogens is 3. The molecule has 0 spiro atoms. The van der Waals surface area contributed by atoms with Gasteiger partial charge in [0.25, 0.3) is 0 Å². The molecule has 2 aromatic heterocycles. The molecule has 1 fully saturated rings. The molecule has 3 rings (SSSR count). The van der Waals surface area contributed by atoms with Crippen molar-refractivity contribution in [2.75, 3.05) is 0 Å². The summed E-state index contributed by atoms with van der Waals surface area (Å²) in [5.41, 5.74) is 2.10. The Bertz CT molecular complexity index is 558. The number of nitrogens with zero attached hydrogens (tertiary/aromatic N) is 2. The minimum absolute atomic E-state index is 0.287. The van der Waals surface area contributed by atoms with Gasteiger partial charge in [-0.2, -0.15) is 4.98 Å². The second kappa shape index (κ2) is 3.56. The Morgan fingerprint density at radius 2 is 2.12 bits per heavy atom. The molecule has 0 unspecified atom stereocenters. The van der Waals surface area contributed by atoms with E-state index in [1.165, 1.54) is 0 Å². The molecule has 1 aliphatic carbocycles. The summed E-state index contributed by atoms with van der Waals surface area (Å²) >= 11 is 0. The van der Waals surface area contributed by atoms with E-state index in [0.717, 1.165) is 24.2 Å². The van der Waals surface area contributed by atoms with Crippen LogP contribution >= 0.6 is 0 Å². The van der Waals surface area contributed by atoms with Gasteiger partial charge in [-0.3, -0.25) is 4.98 Å². The van der Waals surface area contributed by atoms with Gasteiger partial charge in [0, 0.05) is 11.9 Å². The summed E-state index contributed by atoms with van der Waals surface area (Å²) in [5, 5.41) is 0. The van der Waals surface area contributed by atoms with Gasteiger partial charge in [-0.05, 0) is 37.0 Å². The van der Waals surface area contributed by atoms with E-state index in [0.29, 0.717) is 11.6 Å². The monoisotopic (exact) mass is 213 g/mol. The number of aromatic amines is 1. The molecule has 4 heteroatoms. The second-order valence-corrected chi connectivity index (χ2v) is 4.02. The van der Waals surface area contributed by atoms with E-state index < -0.39 is 0 Å². The van der Waals surface area contributed by atoms with E-state index in [-0.39, 0.29) is 5.69 Å². The summed E-state index contributed by atoms with van der Waals surface area (Å²) in [5.74, 6) is 0.512. The normalized spacial score (nSPS) is 15.0. The van der Waals surface area contributed by atoms with Gasteiger partial charge in [0.05, 0.1) is 11.4 Å². The minimum atomic E-state index is -0.287. The highest BCUT2D eigenvalue weighted by atomic mass is 16.1. The third-order valence-electron chi connectivity index (χ3n) is 2.71. The Labute approximate surface area is 92.4 Å². The van der Waals surface area contributed by atoms with Crippen molar-refractivity contribution in [3.8, 4) is 11.4 Å². The first kappa shape index (κ1) is 9.27. The maximum Gasteiger partial charge on any atom is 0.345 e. The summed E-state index contributed by atoms with van der Waals surface area (Å²) < 4.78 is 0. The van der Waals surface area contributed by atoms with E-state index >= 15 is 0 Å². The molecule has 2 aromatic rings. The average molecular weight is 213 g/mol. The molecule has 1 aliphatic rings. The minimum Gasteiger partial charge on any atom is -0.309 e. The Hall–Kier alpha value is -1.97. The smallest absolute Gasteiger partial charge is 0.309 e. The molecule has 16 heavy (non-hydrogen) atoms. The third kappa shape index (κ3) is 1.74. The van der Waals surface area contributed by atoms with Crippen molar-refractivity contribution in [3.05, 3.63) is 46.6 Å². The molecule has 0 amide bonds. The van der Waals surface area contributed by atoms with Crippen molar-refractivity contribution in [2.45, 2.75) is 18.8 Å². The van der Waals surface area contributed by atoms with Crippen molar-refractivity contribution in [1.29, 1.82) is 0 Å². The van der Waals surface area contributed by atoms with Crippen molar-refractivity contribution >= 4 is 0 Å². The van der Waals surface area contributed by atoms with Crippen LogP contribution in [0, 0.1) is 0 Å². The van der Waals surface area contributed by atoms with Gasteiger partial charge >= 0.3 is 5.69 Å². The lowest BCUT2D eigenvalue weighted by molar-refractivity contribution is 0.948. The number of nitrogens with one attached hydrogen (secondary N) is 1. The molecule has 1 saturated carbocycles. The van der Waals surface area contributed by atoms with Crippen LogP contribution < -0.4 is 5.69 Å². The Morgan fingerprint density at radius 3 is 2.81 bits per heavy atom. The fourth-order valence-electron chi connectivity index (χ4n) is 1.74. The maximum atomic E-state index is 11.4. The summed E-state index contributed by atoms with van der Waals surface area (Å²) in [7, 11) is 0. The molecule has 0 saturated heterocycles. The molecule has 0 aliphatic heterocycles. The van der Waals surface area contributed by atoms with Crippen LogP contribution in [0.25, 0.3) is 11.4 Å². The first-order chi connectivity index (χ1) is 7.83. The molecular formula is C12H11N3O. The molecule has 0 bridgehead atoms. The molecule has 0 radical (unpaired) electrons. The zero-order chi connectivity index (χ0) is 11.0. The lowest BCUT2D eigenvalue weighted by Crippen LogP contribution is -2.13. The number of pyridine rings is 1. The van der Waals surface area contributed by atoms with Crippen molar-refractivity contribution in [3.63, 3.8) is 0 Å². The van der Waals surface area contributed by atoms with Crippen LogP contribution in [0.1, 0.15) is 24.5 Å². The lowest BCUT2D eigenvalue weighted by Gasteiger charge is -2.01. The standard InChI is InChI=1S/C12H11N3O/c16-12-14-10(8-4-5-8)7-11(15-12)9-3-1-2-6-13-9/h1-3,6-8H,4-5H2,(H,14,15,16). The number of hydrogen-bond acceptors (Lipinski definition) is 3. The number of H-pyrrole nitrogens is 1. The van der Waals surface area contributed by atoms with Crippen LogP contribution in [0.5, 0.6) is 0 Å². The number of rotatable bonds is 2. The largest absolute Gasteiger partial charge is 0.345 e. The quantitative estimate of drug-likeness (QED) is 0.826. The Balaban J connectivity index is 2.10. The lowest BCUT2D eigenvalue weighted by atomic mass is 10.2. The van der Waals surface area contributed by atoms with Gasteiger partial charge in [0.1, 0.15) is 0 Å². The first-order valence-corrected chi connectivity index (χ1v) is 5.35. The second-order valence-electron chi connectivity index (χ2n) is 4.02. The summed E-state index contributed by atoms with van der Waals surface area (Å²) in [6, 6.07) is 7.53. The van der Waals surface area contributed by atoms with Crippen molar-refractivity contribution in [1.82, 2.24) is 15.0 Å². The third-order valence-corrected chi connectivity index (χ3v) is 2.71. The van der Waals surface area contributed by atoms with Gasteiger partial charge < -0.3 is 4.98 Å². The van der Waals surface area contributed by atoms with Gasteiger partial charge in [0.15, 0.2) is 0 Å². The van der Waals surface area contributed by atoms with E-state index in [1.807, 2.05) is 24.3 Å². The zero-order valence-corrected chi connectivity index (χ0v) is 8.68.